The Hall–Kier alpha value is -4.34. The van der Waals surface area contributed by atoms with Gasteiger partial charge in [-0.15, -0.1) is 0 Å². The number of carbonyl (C=O) groups is 1. The van der Waals surface area contributed by atoms with E-state index in [1.165, 1.54) is 6.07 Å². The van der Waals surface area contributed by atoms with Gasteiger partial charge in [0.15, 0.2) is 11.9 Å². The minimum absolute atomic E-state index is 0.00147. The Balaban J connectivity index is 1.48. The van der Waals surface area contributed by atoms with E-state index in [1.54, 1.807) is 34.1 Å². The molecular formula is C27H32FN7O2. The molecule has 37 heavy (non-hydrogen) atoms. The highest BCUT2D eigenvalue weighted by Crippen LogP contribution is 2.33. The van der Waals surface area contributed by atoms with Gasteiger partial charge in [0.1, 0.15) is 11.6 Å². The molecule has 7 N–H and O–H groups in total. The Morgan fingerprint density at radius 3 is 2.08 bits per heavy atom. The molecule has 0 aromatic heterocycles. The predicted molar refractivity (Wildman–Crippen MR) is 144 cm³/mol. The summed E-state index contributed by atoms with van der Waals surface area (Å²) in [6, 6.07) is 9.94. The predicted octanol–water partition coefficient (Wildman–Crippen LogP) is 3.44. The molecule has 2 aliphatic rings. The number of nitrogens with zero attached hydrogens (tertiary/aromatic N) is 2. The lowest BCUT2D eigenvalue weighted by Crippen LogP contribution is -2.39. The molecule has 1 amide bonds. The number of anilines is 1. The zero-order chi connectivity index (χ0) is 26.5. The zero-order valence-corrected chi connectivity index (χ0v) is 20.8. The molecule has 0 radical (unpaired) electrons. The standard InChI is InChI=1S/C27H32FN7O2/c1-2-37-24-16-20(4-6-22(24)18-9-13-35(14-10-18)27(31)32)33-25(36)19-3-5-21(23(28)15-19)17-7-11-34(12-8-17)26(29)30/h3-7,9,15-16H,2,8,10-14H2,1H3,(H3,29,30)(H3,31,32)(H,33,36). The summed E-state index contributed by atoms with van der Waals surface area (Å²) in [5.74, 6) is -0.191. The second-order valence-corrected chi connectivity index (χ2v) is 8.91. The van der Waals surface area contributed by atoms with Gasteiger partial charge in [0.25, 0.3) is 5.91 Å². The highest BCUT2D eigenvalue weighted by Gasteiger charge is 2.19. The summed E-state index contributed by atoms with van der Waals surface area (Å²) in [5.41, 5.74) is 15.2. The summed E-state index contributed by atoms with van der Waals surface area (Å²) < 4.78 is 20.8. The molecule has 2 aromatic carbocycles. The SMILES string of the molecule is CCOc1cc(NC(=O)c2ccc(C3=CCN(C(=N)N)CC3)c(F)c2)ccc1C1=CCN(C(=N)N)CC1. The summed E-state index contributed by atoms with van der Waals surface area (Å²) in [6.45, 7) is 4.57. The van der Waals surface area contributed by atoms with E-state index in [9.17, 15) is 9.18 Å². The number of carbonyl (C=O) groups excluding carboxylic acids is 1. The van der Waals surface area contributed by atoms with Crippen molar-refractivity contribution in [1.29, 1.82) is 10.8 Å². The third-order valence-electron chi connectivity index (χ3n) is 6.56. The number of nitrogens with one attached hydrogen (secondary N) is 3. The van der Waals surface area contributed by atoms with Crippen LogP contribution >= 0.6 is 0 Å². The first kappa shape index (κ1) is 25.7. The van der Waals surface area contributed by atoms with Crippen LogP contribution in [0.15, 0.2) is 48.6 Å². The summed E-state index contributed by atoms with van der Waals surface area (Å²) in [5, 5.41) is 18.0. The van der Waals surface area contributed by atoms with Gasteiger partial charge < -0.3 is 31.3 Å². The van der Waals surface area contributed by atoms with Crippen molar-refractivity contribution in [3.8, 4) is 5.75 Å². The van der Waals surface area contributed by atoms with Crippen LogP contribution in [0.5, 0.6) is 5.75 Å². The number of halogens is 1. The molecule has 0 unspecified atom stereocenters. The molecule has 2 heterocycles. The van der Waals surface area contributed by atoms with E-state index in [0.717, 1.165) is 23.1 Å². The highest BCUT2D eigenvalue weighted by atomic mass is 19.1. The van der Waals surface area contributed by atoms with Gasteiger partial charge in [-0.2, -0.15) is 0 Å². The summed E-state index contributed by atoms with van der Waals surface area (Å²) >= 11 is 0. The van der Waals surface area contributed by atoms with Crippen LogP contribution < -0.4 is 21.5 Å². The normalized spacial score (nSPS) is 15.5. The highest BCUT2D eigenvalue weighted by molar-refractivity contribution is 6.04. The molecule has 0 aliphatic carbocycles. The Bertz CT molecular complexity index is 1290. The molecule has 0 saturated heterocycles. The number of amides is 1. The third-order valence-corrected chi connectivity index (χ3v) is 6.56. The maximum absolute atomic E-state index is 14.9. The molecule has 2 aliphatic heterocycles. The van der Waals surface area contributed by atoms with Crippen molar-refractivity contribution in [2.75, 3.05) is 38.1 Å². The first-order valence-electron chi connectivity index (χ1n) is 12.2. The number of hydrogen-bond donors (Lipinski definition) is 5. The number of hydrogen-bond acceptors (Lipinski definition) is 4. The van der Waals surface area contributed by atoms with Crippen molar-refractivity contribution in [1.82, 2.24) is 9.80 Å². The number of guanidine groups is 2. The Labute approximate surface area is 215 Å². The largest absolute Gasteiger partial charge is 0.493 e. The van der Waals surface area contributed by atoms with Crippen LogP contribution in [-0.2, 0) is 0 Å². The molecule has 194 valence electrons. The number of nitrogens with two attached hydrogens (primary N) is 2. The van der Waals surface area contributed by atoms with Gasteiger partial charge in [0.05, 0.1) is 6.61 Å². The molecule has 0 spiro atoms. The van der Waals surface area contributed by atoms with Crippen molar-refractivity contribution in [3.63, 3.8) is 0 Å². The first-order valence-corrected chi connectivity index (χ1v) is 12.2. The van der Waals surface area contributed by atoms with Crippen molar-refractivity contribution < 1.29 is 13.9 Å². The van der Waals surface area contributed by atoms with Crippen LogP contribution in [0.1, 0.15) is 41.3 Å². The fourth-order valence-electron chi connectivity index (χ4n) is 4.53. The van der Waals surface area contributed by atoms with Gasteiger partial charge in [-0.3, -0.25) is 15.6 Å². The molecule has 0 saturated carbocycles. The van der Waals surface area contributed by atoms with E-state index in [2.05, 4.69) is 5.32 Å². The summed E-state index contributed by atoms with van der Waals surface area (Å²) in [6.07, 6.45) is 5.18. The van der Waals surface area contributed by atoms with Gasteiger partial charge in [-0.25, -0.2) is 4.39 Å². The lowest BCUT2D eigenvalue weighted by molar-refractivity contribution is 0.102. The number of rotatable bonds is 6. The lowest BCUT2D eigenvalue weighted by atomic mass is 9.97. The van der Waals surface area contributed by atoms with Crippen LogP contribution in [0.3, 0.4) is 0 Å². The van der Waals surface area contributed by atoms with Crippen LogP contribution in [0.25, 0.3) is 11.1 Å². The van der Waals surface area contributed by atoms with Crippen molar-refractivity contribution in [3.05, 3.63) is 71.1 Å². The Kier molecular flexibility index (Phi) is 7.76. The van der Waals surface area contributed by atoms with Crippen LogP contribution in [0, 0.1) is 16.6 Å². The molecule has 0 fully saturated rings. The van der Waals surface area contributed by atoms with E-state index in [0.29, 0.717) is 56.2 Å². The van der Waals surface area contributed by atoms with E-state index < -0.39 is 11.7 Å². The van der Waals surface area contributed by atoms with E-state index in [-0.39, 0.29) is 17.5 Å². The van der Waals surface area contributed by atoms with Gasteiger partial charge in [0.2, 0.25) is 0 Å². The second kappa shape index (κ2) is 11.2. The van der Waals surface area contributed by atoms with Crippen LogP contribution in [-0.4, -0.2) is 60.4 Å². The fraction of sp³-hybridized carbons (Fsp3) is 0.296. The maximum Gasteiger partial charge on any atom is 0.255 e. The van der Waals surface area contributed by atoms with Gasteiger partial charge in [-0.1, -0.05) is 18.2 Å². The number of ether oxygens (including phenoxy) is 1. The van der Waals surface area contributed by atoms with Crippen molar-refractivity contribution in [2.24, 2.45) is 11.5 Å². The minimum atomic E-state index is -0.468. The molecule has 9 nitrogen and oxygen atoms in total. The Morgan fingerprint density at radius 1 is 0.973 bits per heavy atom. The average molecular weight is 506 g/mol. The van der Waals surface area contributed by atoms with Gasteiger partial charge >= 0.3 is 0 Å². The molecule has 4 rings (SSSR count). The van der Waals surface area contributed by atoms with Gasteiger partial charge in [-0.05, 0) is 55.2 Å². The summed E-state index contributed by atoms with van der Waals surface area (Å²) in [7, 11) is 0. The lowest BCUT2D eigenvalue weighted by Gasteiger charge is -2.27. The first-order chi connectivity index (χ1) is 17.8. The fourth-order valence-corrected chi connectivity index (χ4v) is 4.53. The molecular weight excluding hydrogens is 473 g/mol. The Morgan fingerprint density at radius 2 is 1.57 bits per heavy atom. The third kappa shape index (κ3) is 5.91. The molecule has 2 aromatic rings. The topological polar surface area (TPSA) is 145 Å². The van der Waals surface area contributed by atoms with E-state index >= 15 is 0 Å². The zero-order valence-electron chi connectivity index (χ0n) is 20.8. The smallest absolute Gasteiger partial charge is 0.255 e. The van der Waals surface area contributed by atoms with Crippen molar-refractivity contribution >= 4 is 34.7 Å². The van der Waals surface area contributed by atoms with Crippen molar-refractivity contribution in [2.45, 2.75) is 19.8 Å². The van der Waals surface area contributed by atoms with Gasteiger partial charge in [0, 0.05) is 54.6 Å². The van der Waals surface area contributed by atoms with Crippen LogP contribution in [0.2, 0.25) is 0 Å². The molecule has 0 bridgehead atoms. The monoisotopic (exact) mass is 505 g/mol. The minimum Gasteiger partial charge on any atom is -0.493 e. The maximum atomic E-state index is 14.9. The van der Waals surface area contributed by atoms with E-state index in [1.807, 2.05) is 25.1 Å². The molecule has 10 heteroatoms. The average Bonchev–Trinajstić information content (AvgIpc) is 2.89. The van der Waals surface area contributed by atoms with E-state index in [4.69, 9.17) is 27.0 Å². The van der Waals surface area contributed by atoms with Crippen LogP contribution in [0.4, 0.5) is 10.1 Å². The second-order valence-electron chi connectivity index (χ2n) is 8.91. The number of benzene rings is 2. The summed E-state index contributed by atoms with van der Waals surface area (Å²) in [4.78, 5) is 16.4. The molecule has 0 atom stereocenters. The quantitative estimate of drug-likeness (QED) is 0.300.